The average molecular weight is 220 g/mol. The SMILES string of the molecule is O=C(O)C(O)C(O)CO.[Ca+2].[Ca+2].[H-].[H-].[H-].[H-]. The Balaban J connectivity index is -0.0000000213. The zero-order valence-electron chi connectivity index (χ0n) is 9.97. The van der Waals surface area contributed by atoms with Gasteiger partial charge in [0.05, 0.1) is 6.61 Å². The molecule has 62 valence electrons. The topological polar surface area (TPSA) is 98.0 Å². The summed E-state index contributed by atoms with van der Waals surface area (Å²) in [6, 6.07) is 0. The van der Waals surface area contributed by atoms with Crippen LogP contribution in [0.5, 0.6) is 0 Å². The van der Waals surface area contributed by atoms with Crippen LogP contribution in [0.25, 0.3) is 0 Å². The second kappa shape index (κ2) is 9.95. The standard InChI is InChI=1S/C4H8O5.2Ca.4H/c5-1-2(6)3(7)4(8)9;;;;;;/h2-3,5-7H,1H2,(H,8,9);;;;;;/q;2*+2;4*-1. The van der Waals surface area contributed by atoms with Gasteiger partial charge in [0.1, 0.15) is 6.10 Å². The van der Waals surface area contributed by atoms with Gasteiger partial charge < -0.3 is 26.1 Å². The molecule has 0 bridgehead atoms. The summed E-state index contributed by atoms with van der Waals surface area (Å²) in [7, 11) is 0. The van der Waals surface area contributed by atoms with Crippen LogP contribution in [-0.4, -0.2) is 121 Å². The molecule has 0 amide bonds. The molecule has 0 heterocycles. The number of rotatable bonds is 3. The maximum absolute atomic E-state index is 9.78. The Morgan fingerprint density at radius 2 is 1.73 bits per heavy atom. The van der Waals surface area contributed by atoms with Crippen LogP contribution >= 0.6 is 0 Å². The fraction of sp³-hybridized carbons (Fsp3) is 0.750. The van der Waals surface area contributed by atoms with Crippen LogP contribution < -0.4 is 0 Å². The number of hydrogen-bond acceptors (Lipinski definition) is 4. The minimum absolute atomic E-state index is 0. The van der Waals surface area contributed by atoms with Gasteiger partial charge in [-0.15, -0.1) is 0 Å². The van der Waals surface area contributed by atoms with Crippen molar-refractivity contribution in [3.8, 4) is 0 Å². The Hall–Kier alpha value is 1.87. The first-order valence-electron chi connectivity index (χ1n) is 2.29. The second-order valence-electron chi connectivity index (χ2n) is 1.53. The first-order valence-corrected chi connectivity index (χ1v) is 2.29. The molecular weight excluding hydrogens is 208 g/mol. The summed E-state index contributed by atoms with van der Waals surface area (Å²) in [6.45, 7) is -0.756. The van der Waals surface area contributed by atoms with Crippen molar-refractivity contribution >= 4 is 81.4 Å². The van der Waals surface area contributed by atoms with E-state index in [0.29, 0.717) is 0 Å². The van der Waals surface area contributed by atoms with E-state index in [0.717, 1.165) is 0 Å². The number of hydrogen-bond donors (Lipinski definition) is 4. The van der Waals surface area contributed by atoms with Crippen molar-refractivity contribution in [1.29, 1.82) is 0 Å². The fourth-order valence-electron chi connectivity index (χ4n) is 0.264. The number of aliphatic hydroxyl groups is 3. The summed E-state index contributed by atoms with van der Waals surface area (Å²) in [5, 5.41) is 32.8. The fourth-order valence-corrected chi connectivity index (χ4v) is 0.264. The molecule has 7 heteroatoms. The van der Waals surface area contributed by atoms with E-state index in [1.54, 1.807) is 0 Å². The van der Waals surface area contributed by atoms with Crippen molar-refractivity contribution < 1.29 is 30.9 Å². The Morgan fingerprint density at radius 1 is 1.36 bits per heavy atom. The summed E-state index contributed by atoms with van der Waals surface area (Å²) < 4.78 is 0. The molecule has 0 fully saturated rings. The molecule has 0 aromatic rings. The van der Waals surface area contributed by atoms with Crippen molar-refractivity contribution in [2.75, 3.05) is 6.61 Å². The molecule has 11 heavy (non-hydrogen) atoms. The molecule has 0 aliphatic rings. The number of carboxylic acid groups (broad SMARTS) is 1. The molecular formula is C4H12Ca2O5. The third kappa shape index (κ3) is 8.21. The van der Waals surface area contributed by atoms with Gasteiger partial charge in [-0.25, -0.2) is 4.79 Å². The number of carbonyl (C=O) groups is 1. The van der Waals surface area contributed by atoms with Crippen molar-refractivity contribution in [3.63, 3.8) is 0 Å². The summed E-state index contributed by atoms with van der Waals surface area (Å²) in [5.74, 6) is -1.54. The molecule has 0 saturated heterocycles. The molecule has 0 aliphatic carbocycles. The minimum atomic E-state index is -1.89. The van der Waals surface area contributed by atoms with Crippen LogP contribution in [0, 0.1) is 0 Å². The smallest absolute Gasteiger partial charge is 1.00 e. The zero-order valence-corrected chi connectivity index (χ0v) is 10.4. The second-order valence-corrected chi connectivity index (χ2v) is 1.53. The minimum Gasteiger partial charge on any atom is -1.00 e. The van der Waals surface area contributed by atoms with Gasteiger partial charge in [-0.05, 0) is 0 Å². The monoisotopic (exact) mass is 220 g/mol. The van der Waals surface area contributed by atoms with E-state index in [1.165, 1.54) is 0 Å². The molecule has 2 atom stereocenters. The molecule has 0 aliphatic heterocycles. The zero-order chi connectivity index (χ0) is 7.44. The molecule has 0 aromatic carbocycles. The average Bonchev–Trinajstić information content (AvgIpc) is 1.84. The first-order chi connectivity index (χ1) is 4.09. The van der Waals surface area contributed by atoms with E-state index >= 15 is 0 Å². The first kappa shape index (κ1) is 18.6. The van der Waals surface area contributed by atoms with Crippen molar-refractivity contribution in [1.82, 2.24) is 0 Å². The molecule has 4 N–H and O–H groups in total. The van der Waals surface area contributed by atoms with Gasteiger partial charge in [0.25, 0.3) is 0 Å². The third-order valence-electron chi connectivity index (χ3n) is 0.805. The van der Waals surface area contributed by atoms with E-state index in [9.17, 15) is 4.79 Å². The summed E-state index contributed by atoms with van der Waals surface area (Å²) >= 11 is 0. The predicted molar refractivity (Wildman–Crippen MR) is 42.7 cm³/mol. The van der Waals surface area contributed by atoms with Gasteiger partial charge in [-0.2, -0.15) is 0 Å². The van der Waals surface area contributed by atoms with Crippen LogP contribution in [0.15, 0.2) is 0 Å². The van der Waals surface area contributed by atoms with Crippen LogP contribution in [0.3, 0.4) is 0 Å². The van der Waals surface area contributed by atoms with Crippen molar-refractivity contribution in [2.45, 2.75) is 12.2 Å². The van der Waals surface area contributed by atoms with Gasteiger partial charge in [0.15, 0.2) is 6.10 Å². The summed E-state index contributed by atoms with van der Waals surface area (Å²) in [5.41, 5.74) is 0. The van der Waals surface area contributed by atoms with Crippen molar-refractivity contribution in [3.05, 3.63) is 0 Å². The Kier molecular flexibility index (Phi) is 16.8. The maximum atomic E-state index is 9.78. The van der Waals surface area contributed by atoms with Gasteiger partial charge in [0, 0.05) is 0 Å². The number of aliphatic carboxylic acids is 1. The molecule has 0 spiro atoms. The van der Waals surface area contributed by atoms with Crippen LogP contribution in [0.1, 0.15) is 5.71 Å². The van der Waals surface area contributed by atoms with E-state index in [-0.39, 0.29) is 81.2 Å². The van der Waals surface area contributed by atoms with E-state index in [4.69, 9.17) is 20.4 Å². The van der Waals surface area contributed by atoms with Crippen LogP contribution in [0.2, 0.25) is 0 Å². The Morgan fingerprint density at radius 3 is 1.82 bits per heavy atom. The van der Waals surface area contributed by atoms with E-state index in [2.05, 4.69) is 0 Å². The normalized spacial score (nSPS) is 13.7. The summed E-state index contributed by atoms with van der Waals surface area (Å²) in [4.78, 5) is 9.78. The number of aliphatic hydroxyl groups excluding tert-OH is 3. The molecule has 0 radical (unpaired) electrons. The Bertz CT molecular complexity index is 121. The molecule has 0 aromatic heterocycles. The van der Waals surface area contributed by atoms with Gasteiger partial charge in [-0.1, -0.05) is 0 Å². The molecule has 2 unspecified atom stereocenters. The van der Waals surface area contributed by atoms with E-state index in [1.807, 2.05) is 0 Å². The predicted octanol–water partition coefficient (Wildman–Crippen LogP) is -2.53. The van der Waals surface area contributed by atoms with Crippen molar-refractivity contribution in [2.24, 2.45) is 0 Å². The van der Waals surface area contributed by atoms with E-state index < -0.39 is 24.8 Å². The van der Waals surface area contributed by atoms with Gasteiger partial charge in [0.2, 0.25) is 0 Å². The van der Waals surface area contributed by atoms with Crippen LogP contribution in [-0.2, 0) is 4.79 Å². The van der Waals surface area contributed by atoms with Gasteiger partial charge in [-0.3, -0.25) is 0 Å². The third-order valence-corrected chi connectivity index (χ3v) is 0.805. The molecule has 5 nitrogen and oxygen atoms in total. The quantitative estimate of drug-likeness (QED) is 0.393. The number of carboxylic acids is 1. The largest absolute Gasteiger partial charge is 2.00 e. The molecule has 0 rings (SSSR count). The van der Waals surface area contributed by atoms with Crippen LogP contribution in [0.4, 0.5) is 0 Å². The summed E-state index contributed by atoms with van der Waals surface area (Å²) in [6.07, 6.45) is -3.49. The molecule has 0 saturated carbocycles. The van der Waals surface area contributed by atoms with Gasteiger partial charge >= 0.3 is 81.4 Å². The Labute approximate surface area is 129 Å². The maximum Gasteiger partial charge on any atom is 2.00 e.